The second-order valence-electron chi connectivity index (χ2n) is 23.7. The summed E-state index contributed by atoms with van der Waals surface area (Å²) in [6, 6.07) is 0. The number of unbranched alkanes of at least 4 members (excludes halogenated alkanes) is 45. The van der Waals surface area contributed by atoms with Gasteiger partial charge in [0.1, 0.15) is 13.2 Å². The van der Waals surface area contributed by atoms with Crippen molar-refractivity contribution in [2.24, 2.45) is 11.8 Å². The third kappa shape index (κ3) is 59.3. The molecule has 0 amide bonds. The third-order valence-electron chi connectivity index (χ3n) is 15.2. The molecule has 72 heavy (non-hydrogen) atoms. The van der Waals surface area contributed by atoms with Crippen molar-refractivity contribution < 1.29 is 28.6 Å². The molecule has 0 radical (unpaired) electrons. The van der Waals surface area contributed by atoms with Crippen LogP contribution in [0.15, 0.2) is 0 Å². The Bertz CT molecular complexity index is 1100. The summed E-state index contributed by atoms with van der Waals surface area (Å²) in [4.78, 5) is 38.3. The van der Waals surface area contributed by atoms with Gasteiger partial charge in [0, 0.05) is 19.3 Å². The summed E-state index contributed by atoms with van der Waals surface area (Å²) < 4.78 is 17.0. The summed E-state index contributed by atoms with van der Waals surface area (Å²) >= 11 is 0. The number of hydrogen-bond donors (Lipinski definition) is 0. The summed E-state index contributed by atoms with van der Waals surface area (Å²) in [5.41, 5.74) is 0. The van der Waals surface area contributed by atoms with Crippen molar-refractivity contribution in [1.29, 1.82) is 0 Å². The molecule has 0 aliphatic rings. The van der Waals surface area contributed by atoms with E-state index in [1.165, 1.54) is 263 Å². The van der Waals surface area contributed by atoms with Gasteiger partial charge in [0.25, 0.3) is 0 Å². The van der Waals surface area contributed by atoms with E-state index in [0.717, 1.165) is 69.6 Å². The maximum Gasteiger partial charge on any atom is 0.306 e. The minimum Gasteiger partial charge on any atom is -0.462 e. The van der Waals surface area contributed by atoms with Crippen LogP contribution in [-0.4, -0.2) is 37.2 Å². The number of rotatable bonds is 60. The Morgan fingerprint density at radius 3 is 0.681 bits per heavy atom. The van der Waals surface area contributed by atoms with E-state index in [1.807, 2.05) is 0 Å². The van der Waals surface area contributed by atoms with Crippen LogP contribution < -0.4 is 0 Å². The molecule has 0 saturated carbocycles. The third-order valence-corrected chi connectivity index (χ3v) is 15.2. The second kappa shape index (κ2) is 58.7. The van der Waals surface area contributed by atoms with Crippen LogP contribution in [0.25, 0.3) is 0 Å². The predicted octanol–water partition coefficient (Wildman–Crippen LogP) is 22.0. The predicted molar refractivity (Wildman–Crippen MR) is 312 cm³/mol. The van der Waals surface area contributed by atoms with Crippen molar-refractivity contribution in [1.82, 2.24) is 0 Å². The molecule has 0 bridgehead atoms. The molecule has 6 nitrogen and oxygen atoms in total. The molecule has 0 rings (SSSR count). The fourth-order valence-electron chi connectivity index (χ4n) is 10.3. The normalized spacial score (nSPS) is 12.0. The zero-order chi connectivity index (χ0) is 52.5. The zero-order valence-corrected chi connectivity index (χ0v) is 49.6. The van der Waals surface area contributed by atoms with Gasteiger partial charge < -0.3 is 14.2 Å². The molecular formula is C66H128O6. The van der Waals surface area contributed by atoms with E-state index in [4.69, 9.17) is 14.2 Å². The van der Waals surface area contributed by atoms with Crippen LogP contribution in [0.3, 0.4) is 0 Å². The Kier molecular flexibility index (Phi) is 57.4. The Balaban J connectivity index is 4.28. The van der Waals surface area contributed by atoms with Crippen molar-refractivity contribution in [3.05, 3.63) is 0 Å². The lowest BCUT2D eigenvalue weighted by Crippen LogP contribution is -2.30. The van der Waals surface area contributed by atoms with Crippen LogP contribution in [0.4, 0.5) is 0 Å². The molecule has 0 aromatic carbocycles. The van der Waals surface area contributed by atoms with E-state index in [0.29, 0.717) is 19.3 Å². The van der Waals surface area contributed by atoms with Crippen LogP contribution in [0, 0.1) is 11.8 Å². The van der Waals surface area contributed by atoms with E-state index in [2.05, 4.69) is 34.6 Å². The Hall–Kier alpha value is -1.59. The number of carbonyl (C=O) groups is 3. The highest BCUT2D eigenvalue weighted by molar-refractivity contribution is 5.71. The molecule has 0 aliphatic heterocycles. The molecule has 6 heteroatoms. The Morgan fingerprint density at radius 2 is 0.458 bits per heavy atom. The van der Waals surface area contributed by atoms with Crippen LogP contribution in [0.2, 0.25) is 0 Å². The fourth-order valence-corrected chi connectivity index (χ4v) is 10.3. The van der Waals surface area contributed by atoms with Crippen molar-refractivity contribution >= 4 is 17.9 Å². The number of ether oxygens (including phenoxy) is 3. The van der Waals surface area contributed by atoms with Gasteiger partial charge in [-0.3, -0.25) is 14.4 Å². The lowest BCUT2D eigenvalue weighted by Gasteiger charge is -2.18. The van der Waals surface area contributed by atoms with Gasteiger partial charge in [-0.15, -0.1) is 0 Å². The summed E-state index contributed by atoms with van der Waals surface area (Å²) in [6.07, 6.45) is 65.3. The molecule has 0 N–H and O–H groups in total. The minimum atomic E-state index is -0.764. The Labute approximate surface area is 450 Å². The minimum absolute atomic E-state index is 0.0616. The highest BCUT2D eigenvalue weighted by Crippen LogP contribution is 2.19. The summed E-state index contributed by atoms with van der Waals surface area (Å²) in [5, 5.41) is 0. The fraction of sp³-hybridized carbons (Fsp3) is 0.955. The number of esters is 3. The first-order valence-corrected chi connectivity index (χ1v) is 32.7. The van der Waals surface area contributed by atoms with Gasteiger partial charge in [0.05, 0.1) is 0 Å². The van der Waals surface area contributed by atoms with Gasteiger partial charge in [-0.05, 0) is 31.1 Å². The smallest absolute Gasteiger partial charge is 0.306 e. The van der Waals surface area contributed by atoms with E-state index < -0.39 is 6.10 Å². The molecule has 0 aromatic heterocycles. The van der Waals surface area contributed by atoms with E-state index in [-0.39, 0.29) is 31.1 Å². The Morgan fingerprint density at radius 1 is 0.264 bits per heavy atom. The lowest BCUT2D eigenvalue weighted by atomic mass is 10.0. The highest BCUT2D eigenvalue weighted by Gasteiger charge is 2.19. The molecule has 0 unspecified atom stereocenters. The molecule has 0 spiro atoms. The van der Waals surface area contributed by atoms with E-state index >= 15 is 0 Å². The van der Waals surface area contributed by atoms with Crippen LogP contribution in [-0.2, 0) is 28.6 Å². The summed E-state index contributed by atoms with van der Waals surface area (Å²) in [6.45, 7) is 11.5. The van der Waals surface area contributed by atoms with Gasteiger partial charge in [-0.1, -0.05) is 336 Å². The van der Waals surface area contributed by atoms with E-state index in [9.17, 15) is 14.4 Å². The zero-order valence-electron chi connectivity index (χ0n) is 49.6. The van der Waals surface area contributed by atoms with Crippen LogP contribution in [0.1, 0.15) is 375 Å². The molecule has 1 atom stereocenters. The largest absolute Gasteiger partial charge is 0.462 e. The lowest BCUT2D eigenvalue weighted by molar-refractivity contribution is -0.167. The molecule has 0 fully saturated rings. The van der Waals surface area contributed by atoms with Gasteiger partial charge in [0.2, 0.25) is 0 Å². The first-order chi connectivity index (χ1) is 35.2. The highest BCUT2D eigenvalue weighted by atomic mass is 16.6. The number of hydrogen-bond acceptors (Lipinski definition) is 6. The molecule has 0 heterocycles. The van der Waals surface area contributed by atoms with Crippen molar-refractivity contribution in [3.8, 4) is 0 Å². The first kappa shape index (κ1) is 70.4. The quantitative estimate of drug-likeness (QED) is 0.0343. The monoisotopic (exact) mass is 1020 g/mol. The topological polar surface area (TPSA) is 78.9 Å². The van der Waals surface area contributed by atoms with Crippen molar-refractivity contribution in [2.75, 3.05) is 13.2 Å². The van der Waals surface area contributed by atoms with Crippen molar-refractivity contribution in [3.63, 3.8) is 0 Å². The number of carbonyl (C=O) groups excluding carboxylic acids is 3. The van der Waals surface area contributed by atoms with Gasteiger partial charge >= 0.3 is 17.9 Å². The molecule has 0 aliphatic carbocycles. The molecule has 0 saturated heterocycles. The maximum absolute atomic E-state index is 12.9. The molecule has 428 valence electrons. The van der Waals surface area contributed by atoms with E-state index in [1.54, 1.807) is 0 Å². The summed E-state index contributed by atoms with van der Waals surface area (Å²) in [5.74, 6) is 0.869. The van der Waals surface area contributed by atoms with Crippen molar-refractivity contribution in [2.45, 2.75) is 381 Å². The van der Waals surface area contributed by atoms with Gasteiger partial charge in [0.15, 0.2) is 6.10 Å². The second-order valence-corrected chi connectivity index (χ2v) is 23.7. The molecule has 0 aromatic rings. The first-order valence-electron chi connectivity index (χ1n) is 32.7. The van der Waals surface area contributed by atoms with Crippen LogP contribution >= 0.6 is 0 Å². The average Bonchev–Trinajstić information content (AvgIpc) is 3.36. The molecular weight excluding hydrogens is 889 g/mol. The average molecular weight is 1020 g/mol. The van der Waals surface area contributed by atoms with Gasteiger partial charge in [-0.25, -0.2) is 0 Å². The maximum atomic E-state index is 12.9. The van der Waals surface area contributed by atoms with Crippen LogP contribution in [0.5, 0.6) is 0 Å². The summed E-state index contributed by atoms with van der Waals surface area (Å²) in [7, 11) is 0. The SMILES string of the molecule is CCCCCCCCCCCCCCCCCCCC(=O)OC[C@H](COC(=O)CCCCCCCCCCCCCCCC(C)C)OC(=O)CCCCCCCCCCCCCCCCCCCCC(C)C. The van der Waals surface area contributed by atoms with Gasteiger partial charge in [-0.2, -0.15) is 0 Å². The standard InChI is InChI=1S/C66H128O6/c1-6-7-8-9-10-11-12-13-14-17-21-26-31-36-41-46-51-56-64(67)70-59-63(60-71-65(68)57-52-47-42-37-32-28-23-25-30-35-40-45-50-55-62(4)5)72-66(69)58-53-48-43-38-33-27-22-19-16-15-18-20-24-29-34-39-44-49-54-61(2)3/h61-63H,6-60H2,1-5H3/t63-/m1/s1.